The SMILES string of the molecule is Cc1[nH]ncc1CC(C)C.O=P(O)(O)O. The van der Waals surface area contributed by atoms with Gasteiger partial charge in [0.2, 0.25) is 0 Å². The first-order valence-electron chi connectivity index (χ1n) is 4.47. The van der Waals surface area contributed by atoms with Gasteiger partial charge in [0.15, 0.2) is 0 Å². The Morgan fingerprint density at radius 2 is 1.93 bits per heavy atom. The van der Waals surface area contributed by atoms with Gasteiger partial charge < -0.3 is 14.7 Å². The molecule has 0 spiro atoms. The number of phosphoric acid groups is 1. The maximum Gasteiger partial charge on any atom is 0.466 e. The van der Waals surface area contributed by atoms with Crippen molar-refractivity contribution in [2.75, 3.05) is 0 Å². The summed E-state index contributed by atoms with van der Waals surface area (Å²) in [5, 5.41) is 6.87. The summed E-state index contributed by atoms with van der Waals surface area (Å²) in [5.74, 6) is 0.719. The van der Waals surface area contributed by atoms with Crippen LogP contribution in [0.2, 0.25) is 0 Å². The molecule has 0 amide bonds. The van der Waals surface area contributed by atoms with Crippen LogP contribution in [0.3, 0.4) is 0 Å². The highest BCUT2D eigenvalue weighted by Crippen LogP contribution is 2.25. The summed E-state index contributed by atoms with van der Waals surface area (Å²) in [4.78, 5) is 21.6. The van der Waals surface area contributed by atoms with Crippen LogP contribution in [-0.2, 0) is 11.0 Å². The highest BCUT2D eigenvalue weighted by atomic mass is 31.2. The molecular formula is C8H17N2O4P. The monoisotopic (exact) mass is 236 g/mol. The summed E-state index contributed by atoms with van der Waals surface area (Å²) in [6, 6.07) is 0. The van der Waals surface area contributed by atoms with Crippen molar-refractivity contribution < 1.29 is 19.2 Å². The second kappa shape index (κ2) is 6.02. The van der Waals surface area contributed by atoms with Gasteiger partial charge in [0.05, 0.1) is 6.20 Å². The van der Waals surface area contributed by atoms with E-state index in [1.54, 1.807) is 0 Å². The summed E-state index contributed by atoms with van der Waals surface area (Å²) < 4.78 is 8.88. The van der Waals surface area contributed by atoms with Gasteiger partial charge in [-0.3, -0.25) is 5.10 Å². The van der Waals surface area contributed by atoms with Gasteiger partial charge in [-0.1, -0.05) is 13.8 Å². The summed E-state index contributed by atoms with van der Waals surface area (Å²) in [6.45, 7) is 6.49. The van der Waals surface area contributed by atoms with Crippen molar-refractivity contribution in [1.82, 2.24) is 10.2 Å². The lowest BCUT2D eigenvalue weighted by atomic mass is 10.0. The van der Waals surface area contributed by atoms with Gasteiger partial charge in [0, 0.05) is 5.69 Å². The van der Waals surface area contributed by atoms with Crippen molar-refractivity contribution in [3.63, 3.8) is 0 Å². The molecule has 1 aromatic heterocycles. The van der Waals surface area contributed by atoms with Crippen LogP contribution in [0.25, 0.3) is 0 Å². The lowest BCUT2D eigenvalue weighted by Gasteiger charge is -2.01. The van der Waals surface area contributed by atoms with E-state index >= 15 is 0 Å². The van der Waals surface area contributed by atoms with Crippen molar-refractivity contribution in [3.8, 4) is 0 Å². The Balaban J connectivity index is 0.000000336. The zero-order chi connectivity index (χ0) is 12.1. The molecule has 0 bridgehead atoms. The predicted molar refractivity (Wildman–Crippen MR) is 56.1 cm³/mol. The molecule has 1 rings (SSSR count). The van der Waals surface area contributed by atoms with Crippen LogP contribution in [0.15, 0.2) is 6.20 Å². The molecule has 0 unspecified atom stereocenters. The zero-order valence-corrected chi connectivity index (χ0v) is 9.90. The molecule has 15 heavy (non-hydrogen) atoms. The highest BCUT2D eigenvalue weighted by Gasteiger charge is 2.01. The molecule has 4 N–H and O–H groups in total. The lowest BCUT2D eigenvalue weighted by Crippen LogP contribution is -1.93. The number of H-pyrrole nitrogens is 1. The Hall–Kier alpha value is -0.680. The minimum atomic E-state index is -4.64. The van der Waals surface area contributed by atoms with E-state index in [4.69, 9.17) is 19.2 Å². The molecule has 0 aliphatic heterocycles. The fourth-order valence-corrected chi connectivity index (χ4v) is 1.02. The standard InChI is InChI=1S/C8H14N2.H3O4P/c1-6(2)4-8-5-9-10-7(8)3;1-5(2,3)4/h5-6H,4H2,1-3H3,(H,9,10);(H3,1,2,3,4). The molecule has 88 valence electrons. The Labute approximate surface area is 88.6 Å². The zero-order valence-electron chi connectivity index (χ0n) is 9.01. The van der Waals surface area contributed by atoms with Crippen LogP contribution < -0.4 is 0 Å². The van der Waals surface area contributed by atoms with Crippen LogP contribution in [-0.4, -0.2) is 24.9 Å². The van der Waals surface area contributed by atoms with Crippen LogP contribution >= 0.6 is 7.82 Å². The number of aromatic amines is 1. The number of rotatable bonds is 2. The van der Waals surface area contributed by atoms with Gasteiger partial charge in [-0.25, -0.2) is 4.57 Å². The summed E-state index contributed by atoms with van der Waals surface area (Å²) in [6.07, 6.45) is 3.04. The molecule has 0 fully saturated rings. The Morgan fingerprint density at radius 1 is 1.47 bits per heavy atom. The van der Waals surface area contributed by atoms with Crippen molar-refractivity contribution in [2.24, 2.45) is 5.92 Å². The van der Waals surface area contributed by atoms with E-state index < -0.39 is 7.82 Å². The van der Waals surface area contributed by atoms with E-state index in [-0.39, 0.29) is 0 Å². The van der Waals surface area contributed by atoms with E-state index in [0.717, 1.165) is 12.3 Å². The lowest BCUT2D eigenvalue weighted by molar-refractivity contribution is 0.275. The smallest absolute Gasteiger partial charge is 0.303 e. The summed E-state index contributed by atoms with van der Waals surface area (Å²) in [7, 11) is -4.64. The molecule has 0 saturated heterocycles. The maximum atomic E-state index is 8.88. The van der Waals surface area contributed by atoms with Crippen molar-refractivity contribution >= 4 is 7.82 Å². The fraction of sp³-hybridized carbons (Fsp3) is 0.625. The average molecular weight is 236 g/mol. The summed E-state index contributed by atoms with van der Waals surface area (Å²) >= 11 is 0. The van der Waals surface area contributed by atoms with Gasteiger partial charge in [-0.2, -0.15) is 5.10 Å². The third kappa shape index (κ3) is 9.62. The van der Waals surface area contributed by atoms with Gasteiger partial charge in [0.1, 0.15) is 0 Å². The number of nitrogens with one attached hydrogen (secondary N) is 1. The molecule has 0 aromatic carbocycles. The van der Waals surface area contributed by atoms with E-state index in [1.807, 2.05) is 6.20 Å². The number of hydrogen-bond donors (Lipinski definition) is 4. The second-order valence-corrected chi connectivity index (χ2v) is 4.66. The van der Waals surface area contributed by atoms with Crippen LogP contribution in [0.4, 0.5) is 0 Å². The molecule has 6 nitrogen and oxygen atoms in total. The number of hydrogen-bond acceptors (Lipinski definition) is 2. The number of aryl methyl sites for hydroxylation is 1. The average Bonchev–Trinajstić information content (AvgIpc) is 2.31. The largest absolute Gasteiger partial charge is 0.466 e. The van der Waals surface area contributed by atoms with Crippen molar-refractivity contribution in [2.45, 2.75) is 27.2 Å². The fourth-order valence-electron chi connectivity index (χ4n) is 1.02. The molecular weight excluding hydrogens is 219 g/mol. The minimum absolute atomic E-state index is 0.719. The Kier molecular flexibility index (Phi) is 5.75. The quantitative estimate of drug-likeness (QED) is 0.573. The molecule has 7 heteroatoms. The first-order valence-corrected chi connectivity index (χ1v) is 6.03. The molecule has 0 saturated carbocycles. The second-order valence-electron chi connectivity index (χ2n) is 3.63. The molecule has 1 heterocycles. The van der Waals surface area contributed by atoms with Gasteiger partial charge in [-0.05, 0) is 24.8 Å². The predicted octanol–water partition coefficient (Wildman–Crippen LogP) is 0.988. The van der Waals surface area contributed by atoms with E-state index in [0.29, 0.717) is 0 Å². The van der Waals surface area contributed by atoms with E-state index in [2.05, 4.69) is 31.0 Å². The maximum absolute atomic E-state index is 8.88. The summed E-state index contributed by atoms with van der Waals surface area (Å²) in [5.41, 5.74) is 2.55. The normalized spacial score (nSPS) is 11.1. The van der Waals surface area contributed by atoms with Crippen molar-refractivity contribution in [3.05, 3.63) is 17.5 Å². The minimum Gasteiger partial charge on any atom is -0.303 e. The highest BCUT2D eigenvalue weighted by molar-refractivity contribution is 7.45. The van der Waals surface area contributed by atoms with Crippen molar-refractivity contribution in [1.29, 1.82) is 0 Å². The van der Waals surface area contributed by atoms with Gasteiger partial charge in [0.25, 0.3) is 0 Å². The first kappa shape index (κ1) is 14.3. The Morgan fingerprint density at radius 3 is 2.20 bits per heavy atom. The molecule has 1 aromatic rings. The third-order valence-corrected chi connectivity index (χ3v) is 1.56. The molecule has 0 aliphatic rings. The topological polar surface area (TPSA) is 106 Å². The molecule has 0 atom stereocenters. The van der Waals surface area contributed by atoms with Crippen LogP contribution in [0.1, 0.15) is 25.1 Å². The van der Waals surface area contributed by atoms with E-state index in [9.17, 15) is 0 Å². The van der Waals surface area contributed by atoms with Crippen LogP contribution in [0.5, 0.6) is 0 Å². The first-order chi connectivity index (χ1) is 6.70. The molecule has 0 aliphatic carbocycles. The van der Waals surface area contributed by atoms with Gasteiger partial charge >= 0.3 is 7.82 Å². The Bertz CT molecular complexity index is 323. The number of nitrogens with zero attached hydrogens (tertiary/aromatic N) is 1. The van der Waals surface area contributed by atoms with E-state index in [1.165, 1.54) is 11.3 Å². The van der Waals surface area contributed by atoms with Crippen LogP contribution in [0, 0.1) is 12.8 Å². The molecule has 0 radical (unpaired) electrons. The van der Waals surface area contributed by atoms with Gasteiger partial charge in [-0.15, -0.1) is 0 Å². The third-order valence-electron chi connectivity index (χ3n) is 1.56. The number of aromatic nitrogens is 2.